The number of fused-ring (bicyclic) bond motifs is 1. The Kier molecular flexibility index (Phi) is 4.98. The lowest BCUT2D eigenvalue weighted by molar-refractivity contribution is 0.304. The molecule has 3 rings (SSSR count). The molecule has 2 aromatic carbocycles. The zero-order valence-electron chi connectivity index (χ0n) is 12.9. The number of nitrogens with two attached hydrogens (primary N) is 1. The first-order valence-corrected chi connectivity index (χ1v) is 8.58. The van der Waals surface area contributed by atoms with Gasteiger partial charge in [-0.15, -0.1) is 0 Å². The van der Waals surface area contributed by atoms with Crippen molar-refractivity contribution >= 4 is 27.3 Å². The third-order valence-electron chi connectivity index (χ3n) is 3.71. The molecule has 5 heteroatoms. The number of hydrogen-bond donors (Lipinski definition) is 1. The number of unbranched alkanes of at least 4 members (excludes halogenated alkanes) is 2. The van der Waals surface area contributed by atoms with Crippen LogP contribution in [0.25, 0.3) is 10.1 Å². The predicted octanol–water partition coefficient (Wildman–Crippen LogP) is 3.89. The van der Waals surface area contributed by atoms with E-state index in [-0.39, 0.29) is 5.56 Å². The Bertz CT molecular complexity index is 821. The Morgan fingerprint density at radius 2 is 1.78 bits per heavy atom. The van der Waals surface area contributed by atoms with Gasteiger partial charge in [-0.25, -0.2) is 0 Å². The van der Waals surface area contributed by atoms with E-state index in [2.05, 4.69) is 0 Å². The molecule has 0 saturated carbocycles. The van der Waals surface area contributed by atoms with Gasteiger partial charge in [0.2, 0.25) is 0 Å². The normalized spacial score (nSPS) is 11.0. The number of hydrogen-bond acceptors (Lipinski definition) is 4. The molecule has 0 aliphatic heterocycles. The van der Waals surface area contributed by atoms with Gasteiger partial charge in [0.1, 0.15) is 5.75 Å². The zero-order chi connectivity index (χ0) is 16.1. The van der Waals surface area contributed by atoms with Crippen molar-refractivity contribution in [2.45, 2.75) is 25.8 Å². The summed E-state index contributed by atoms with van der Waals surface area (Å²) in [5, 5.41) is 0.823. The molecule has 0 bridgehead atoms. The largest absolute Gasteiger partial charge is 0.494 e. The minimum Gasteiger partial charge on any atom is -0.494 e. The summed E-state index contributed by atoms with van der Waals surface area (Å²) in [4.78, 5) is 12.2. The molecule has 2 N–H and O–H groups in total. The van der Waals surface area contributed by atoms with Crippen LogP contribution in [-0.2, 0) is 6.54 Å². The number of ether oxygens (including phenoxy) is 1. The summed E-state index contributed by atoms with van der Waals surface area (Å²) in [7, 11) is 0. The SMILES string of the molecule is Nc1ccc(OCCCCCn2sc3ccccc3c2=O)cc1. The van der Waals surface area contributed by atoms with Crippen molar-refractivity contribution in [2.75, 3.05) is 12.3 Å². The fourth-order valence-corrected chi connectivity index (χ4v) is 3.49. The highest BCUT2D eigenvalue weighted by molar-refractivity contribution is 7.13. The molecule has 0 radical (unpaired) electrons. The molecule has 3 aromatic rings. The van der Waals surface area contributed by atoms with Crippen LogP contribution in [0.5, 0.6) is 5.75 Å². The molecule has 0 amide bonds. The van der Waals surface area contributed by atoms with E-state index in [1.54, 1.807) is 11.5 Å². The summed E-state index contributed by atoms with van der Waals surface area (Å²) < 4.78 is 8.58. The number of rotatable bonds is 7. The van der Waals surface area contributed by atoms with E-state index in [9.17, 15) is 4.79 Å². The molecule has 0 unspecified atom stereocenters. The number of aryl methyl sites for hydroxylation is 1. The quantitative estimate of drug-likeness (QED) is 0.529. The van der Waals surface area contributed by atoms with E-state index in [1.165, 1.54) is 0 Å². The maximum absolute atomic E-state index is 12.2. The molecule has 0 spiro atoms. The van der Waals surface area contributed by atoms with Crippen LogP contribution in [-0.4, -0.2) is 10.6 Å². The van der Waals surface area contributed by atoms with Gasteiger partial charge >= 0.3 is 0 Å². The van der Waals surface area contributed by atoms with Gasteiger partial charge in [0.15, 0.2) is 0 Å². The summed E-state index contributed by atoms with van der Waals surface area (Å²) in [6.45, 7) is 1.46. The highest BCUT2D eigenvalue weighted by Crippen LogP contribution is 2.17. The molecule has 0 aliphatic carbocycles. The number of anilines is 1. The second-order valence-electron chi connectivity index (χ2n) is 5.47. The van der Waals surface area contributed by atoms with Crippen LogP contribution < -0.4 is 16.0 Å². The highest BCUT2D eigenvalue weighted by Gasteiger charge is 2.05. The zero-order valence-corrected chi connectivity index (χ0v) is 13.7. The second kappa shape index (κ2) is 7.33. The average Bonchev–Trinajstić information content (AvgIpc) is 2.89. The van der Waals surface area contributed by atoms with Crippen molar-refractivity contribution in [3.05, 3.63) is 58.9 Å². The summed E-state index contributed by atoms with van der Waals surface area (Å²) in [6.07, 6.45) is 3.00. The van der Waals surface area contributed by atoms with Gasteiger partial charge < -0.3 is 10.5 Å². The first kappa shape index (κ1) is 15.6. The summed E-state index contributed by atoms with van der Waals surface area (Å²) in [6, 6.07) is 15.2. The van der Waals surface area contributed by atoms with Gasteiger partial charge in [-0.1, -0.05) is 23.7 Å². The van der Waals surface area contributed by atoms with Crippen LogP contribution in [0.4, 0.5) is 5.69 Å². The molecular formula is C18H20N2O2S. The van der Waals surface area contributed by atoms with Crippen molar-refractivity contribution in [1.29, 1.82) is 0 Å². The molecule has 0 atom stereocenters. The van der Waals surface area contributed by atoms with Crippen molar-refractivity contribution in [2.24, 2.45) is 0 Å². The number of nitrogens with zero attached hydrogens (tertiary/aromatic N) is 1. The molecule has 0 saturated heterocycles. The molecule has 1 heterocycles. The molecule has 23 heavy (non-hydrogen) atoms. The number of benzene rings is 2. The number of nitrogen functional groups attached to an aromatic ring is 1. The summed E-state index contributed by atoms with van der Waals surface area (Å²) >= 11 is 1.55. The van der Waals surface area contributed by atoms with E-state index in [1.807, 2.05) is 52.5 Å². The molecule has 0 aliphatic rings. The maximum atomic E-state index is 12.2. The van der Waals surface area contributed by atoms with E-state index < -0.39 is 0 Å². The van der Waals surface area contributed by atoms with Crippen molar-refractivity contribution < 1.29 is 4.74 Å². The lowest BCUT2D eigenvalue weighted by atomic mass is 10.2. The van der Waals surface area contributed by atoms with Crippen molar-refractivity contribution in [1.82, 2.24) is 3.96 Å². The minimum absolute atomic E-state index is 0.128. The first-order valence-electron chi connectivity index (χ1n) is 7.81. The third-order valence-corrected chi connectivity index (χ3v) is 4.83. The number of aromatic nitrogens is 1. The molecule has 0 fully saturated rings. The second-order valence-corrected chi connectivity index (χ2v) is 6.54. The van der Waals surface area contributed by atoms with Gasteiger partial charge in [0, 0.05) is 12.2 Å². The lowest BCUT2D eigenvalue weighted by Crippen LogP contribution is -2.13. The van der Waals surface area contributed by atoms with Crippen molar-refractivity contribution in [3.63, 3.8) is 0 Å². The average molecular weight is 328 g/mol. The van der Waals surface area contributed by atoms with E-state index in [0.29, 0.717) is 6.61 Å². The molecule has 120 valence electrons. The Labute approximate surface area is 139 Å². The van der Waals surface area contributed by atoms with Crippen LogP contribution in [0.15, 0.2) is 53.3 Å². The monoisotopic (exact) mass is 328 g/mol. The van der Waals surface area contributed by atoms with Crippen molar-refractivity contribution in [3.8, 4) is 5.75 Å². The predicted molar refractivity (Wildman–Crippen MR) is 96.3 cm³/mol. The standard InChI is InChI=1S/C18H20N2O2S/c19-14-8-10-15(11-9-14)22-13-5-1-4-12-20-18(21)16-6-2-3-7-17(16)23-20/h2-3,6-11H,1,4-5,12-13,19H2. The van der Waals surface area contributed by atoms with Gasteiger partial charge in [-0.3, -0.25) is 8.75 Å². The van der Waals surface area contributed by atoms with Crippen LogP contribution in [0.1, 0.15) is 19.3 Å². The van der Waals surface area contributed by atoms with Crippen LogP contribution in [0.2, 0.25) is 0 Å². The van der Waals surface area contributed by atoms with Crippen LogP contribution in [0, 0.1) is 0 Å². The van der Waals surface area contributed by atoms with Crippen LogP contribution >= 0.6 is 11.5 Å². The summed E-state index contributed by atoms with van der Waals surface area (Å²) in [5.41, 5.74) is 6.50. The van der Waals surface area contributed by atoms with E-state index in [4.69, 9.17) is 10.5 Å². The van der Waals surface area contributed by atoms with E-state index in [0.717, 1.165) is 47.3 Å². The Balaban J connectivity index is 1.42. The fourth-order valence-electron chi connectivity index (χ4n) is 2.45. The molecule has 1 aromatic heterocycles. The maximum Gasteiger partial charge on any atom is 0.268 e. The van der Waals surface area contributed by atoms with Gasteiger partial charge in [-0.05, 0) is 55.7 Å². The smallest absolute Gasteiger partial charge is 0.268 e. The van der Waals surface area contributed by atoms with Gasteiger partial charge in [0.05, 0.1) is 16.7 Å². The molecule has 4 nitrogen and oxygen atoms in total. The van der Waals surface area contributed by atoms with E-state index >= 15 is 0 Å². The Hall–Kier alpha value is -2.27. The lowest BCUT2D eigenvalue weighted by Gasteiger charge is -2.06. The van der Waals surface area contributed by atoms with Crippen LogP contribution in [0.3, 0.4) is 0 Å². The third kappa shape index (κ3) is 3.93. The first-order chi connectivity index (χ1) is 11.2. The van der Waals surface area contributed by atoms with Gasteiger partial charge in [-0.2, -0.15) is 0 Å². The molecular weight excluding hydrogens is 308 g/mol. The topological polar surface area (TPSA) is 57.2 Å². The fraction of sp³-hybridized carbons (Fsp3) is 0.278. The highest BCUT2D eigenvalue weighted by atomic mass is 32.1. The Morgan fingerprint density at radius 1 is 1.00 bits per heavy atom. The minimum atomic E-state index is 0.128. The summed E-state index contributed by atoms with van der Waals surface area (Å²) in [5.74, 6) is 0.847. The Morgan fingerprint density at radius 3 is 2.57 bits per heavy atom. The van der Waals surface area contributed by atoms with Gasteiger partial charge in [0.25, 0.3) is 5.56 Å².